The van der Waals surface area contributed by atoms with Crippen molar-refractivity contribution in [2.45, 2.75) is 0 Å². The molecule has 0 bridgehead atoms. The number of carbonyl (C=O) groups excluding carboxylic acids is 1. The van der Waals surface area contributed by atoms with Crippen molar-refractivity contribution in [1.29, 1.82) is 0 Å². The first kappa shape index (κ1) is 18.4. The number of hydrogen-bond acceptors (Lipinski definition) is 1. The molecule has 0 saturated carbocycles. The summed E-state index contributed by atoms with van der Waals surface area (Å²) in [6, 6.07) is 2.02. The van der Waals surface area contributed by atoms with Crippen LogP contribution in [0.4, 0.5) is 4.39 Å². The van der Waals surface area contributed by atoms with Crippen LogP contribution in [0.1, 0.15) is 10.4 Å². The quantitative estimate of drug-likeness (QED) is 0.264. The van der Waals surface area contributed by atoms with E-state index in [0.717, 1.165) is 12.1 Å². The van der Waals surface area contributed by atoms with E-state index in [0.29, 0.717) is 0 Å². The van der Waals surface area contributed by atoms with Gasteiger partial charge in [0.05, 0.1) is 35.7 Å². The van der Waals surface area contributed by atoms with Gasteiger partial charge in [-0.3, -0.25) is 4.79 Å². The Morgan fingerprint density at radius 3 is 1.73 bits per heavy atom. The molecule has 0 fully saturated rings. The van der Waals surface area contributed by atoms with Crippen LogP contribution in [0.25, 0.3) is 11.1 Å². The van der Waals surface area contributed by atoms with Crippen LogP contribution in [0, 0.1) is 5.82 Å². The Hall–Kier alpha value is 0.0700. The van der Waals surface area contributed by atoms with E-state index in [2.05, 4.69) is 0 Å². The monoisotopic (exact) mass is 438 g/mol. The first-order chi connectivity index (χ1) is 10.2. The minimum atomic E-state index is -0.903. The lowest BCUT2D eigenvalue weighted by molar-refractivity contribution is 0.108. The molecule has 2 rings (SSSR count). The fourth-order valence-electron chi connectivity index (χ4n) is 1.73. The summed E-state index contributed by atoms with van der Waals surface area (Å²) in [7, 11) is 0. The molecule has 1 nitrogen and oxygen atoms in total. The second-order valence-corrected chi connectivity index (χ2v) is 6.67. The highest BCUT2D eigenvalue weighted by Crippen LogP contribution is 2.49. The van der Waals surface area contributed by atoms with Gasteiger partial charge in [-0.1, -0.05) is 69.6 Å². The number of halogens is 8. The second kappa shape index (κ2) is 6.90. The summed E-state index contributed by atoms with van der Waals surface area (Å²) in [6.45, 7) is 0. The molecule has 0 amide bonds. The van der Waals surface area contributed by atoms with E-state index in [9.17, 15) is 9.18 Å². The predicted octanol–water partition coefficient (Wildman–Crippen LogP) is 7.79. The molecule has 0 atom stereocenters. The molecule has 0 aromatic heterocycles. The van der Waals surface area contributed by atoms with E-state index < -0.39 is 11.1 Å². The van der Waals surface area contributed by atoms with Gasteiger partial charge in [-0.05, 0) is 23.7 Å². The van der Waals surface area contributed by atoms with Crippen molar-refractivity contribution in [3.05, 3.63) is 53.6 Å². The SMILES string of the molecule is O=C(Cl)c1cc(F)c(-c2c(Cl)c(Cl)c(Cl)c(Cl)c2Cl)cc1Cl. The topological polar surface area (TPSA) is 17.1 Å². The third-order valence-corrected chi connectivity index (χ3v) is 5.54. The Balaban J connectivity index is 2.84. The van der Waals surface area contributed by atoms with Gasteiger partial charge in [-0.2, -0.15) is 0 Å². The molecule has 2 aromatic rings. The largest absolute Gasteiger partial charge is 0.276 e. The summed E-state index contributed by atoms with van der Waals surface area (Å²) in [5, 5.41) is -1.39. The molecular formula is C13H2Cl7FO. The summed E-state index contributed by atoms with van der Waals surface area (Å²) in [6.07, 6.45) is 0. The summed E-state index contributed by atoms with van der Waals surface area (Å²) >= 11 is 41.1. The zero-order valence-corrected chi connectivity index (χ0v) is 15.4. The number of carbonyl (C=O) groups is 1. The zero-order chi connectivity index (χ0) is 16.8. The van der Waals surface area contributed by atoms with Crippen molar-refractivity contribution in [1.82, 2.24) is 0 Å². The molecule has 0 aliphatic heterocycles. The molecule has 2 aromatic carbocycles. The van der Waals surface area contributed by atoms with Gasteiger partial charge in [0, 0.05) is 11.1 Å². The lowest BCUT2D eigenvalue weighted by Gasteiger charge is -2.14. The molecule has 0 radical (unpaired) electrons. The highest BCUT2D eigenvalue weighted by molar-refractivity contribution is 6.68. The lowest BCUT2D eigenvalue weighted by atomic mass is 10.0. The maximum atomic E-state index is 14.3. The average molecular weight is 441 g/mol. The lowest BCUT2D eigenvalue weighted by Crippen LogP contribution is -1.96. The van der Waals surface area contributed by atoms with Gasteiger partial charge < -0.3 is 0 Å². The first-order valence-corrected chi connectivity index (χ1v) is 8.02. The number of benzene rings is 2. The minimum absolute atomic E-state index is 0.00991. The van der Waals surface area contributed by atoms with Crippen LogP contribution in [-0.2, 0) is 0 Å². The molecular weight excluding hydrogens is 439 g/mol. The van der Waals surface area contributed by atoms with Gasteiger partial charge in [0.15, 0.2) is 0 Å². The van der Waals surface area contributed by atoms with Crippen LogP contribution in [0.5, 0.6) is 0 Å². The van der Waals surface area contributed by atoms with Crippen molar-refractivity contribution in [3.63, 3.8) is 0 Å². The standard InChI is InChI=1S/C13H2Cl7FO/c14-5-1-4(6(21)2-3(5)13(20)22)7-8(15)10(17)12(19)11(18)9(7)16/h1-2H. The fourth-order valence-corrected chi connectivity index (χ4v) is 3.53. The van der Waals surface area contributed by atoms with Gasteiger partial charge in [-0.25, -0.2) is 4.39 Å². The van der Waals surface area contributed by atoms with Crippen LogP contribution in [0.15, 0.2) is 12.1 Å². The van der Waals surface area contributed by atoms with Gasteiger partial charge >= 0.3 is 0 Å². The Labute approximate surface area is 159 Å². The number of rotatable bonds is 2. The smallest absolute Gasteiger partial charge is 0.253 e. The maximum absolute atomic E-state index is 14.3. The van der Waals surface area contributed by atoms with Crippen molar-refractivity contribution < 1.29 is 9.18 Å². The van der Waals surface area contributed by atoms with E-state index in [1.54, 1.807) is 0 Å². The summed E-state index contributed by atoms with van der Waals surface area (Å²) in [5.41, 5.74) is -0.277. The number of hydrogen-bond donors (Lipinski definition) is 0. The van der Waals surface area contributed by atoms with Crippen LogP contribution >= 0.6 is 81.2 Å². The fraction of sp³-hybridized carbons (Fsp3) is 0. The molecule has 0 aliphatic rings. The molecule has 0 N–H and O–H groups in total. The molecule has 0 spiro atoms. The molecule has 22 heavy (non-hydrogen) atoms. The predicted molar refractivity (Wildman–Crippen MR) is 92.1 cm³/mol. The highest BCUT2D eigenvalue weighted by atomic mass is 35.5. The Bertz CT molecular complexity index is 775. The van der Waals surface area contributed by atoms with Crippen molar-refractivity contribution in [2.24, 2.45) is 0 Å². The molecule has 116 valence electrons. The average Bonchev–Trinajstić information content (AvgIpc) is 2.46. The van der Waals surface area contributed by atoms with Gasteiger partial charge in [-0.15, -0.1) is 0 Å². The Morgan fingerprint density at radius 2 is 1.27 bits per heavy atom. The van der Waals surface area contributed by atoms with E-state index in [4.69, 9.17) is 81.2 Å². The first-order valence-electron chi connectivity index (χ1n) is 5.37. The van der Waals surface area contributed by atoms with Crippen molar-refractivity contribution >= 4 is 86.4 Å². The summed E-state index contributed by atoms with van der Waals surface area (Å²) < 4.78 is 14.3. The van der Waals surface area contributed by atoms with Gasteiger partial charge in [0.2, 0.25) is 0 Å². The molecule has 0 aliphatic carbocycles. The van der Waals surface area contributed by atoms with Crippen LogP contribution < -0.4 is 0 Å². The molecule has 9 heteroatoms. The second-order valence-electron chi connectivity index (χ2n) is 4.03. The maximum Gasteiger partial charge on any atom is 0.253 e. The molecule has 0 heterocycles. The third kappa shape index (κ3) is 3.16. The third-order valence-electron chi connectivity index (χ3n) is 2.75. The summed E-state index contributed by atoms with van der Waals surface area (Å²) in [5.74, 6) is -0.827. The van der Waals surface area contributed by atoms with E-state index in [1.807, 2.05) is 0 Å². The van der Waals surface area contributed by atoms with Crippen LogP contribution in [0.2, 0.25) is 30.1 Å². The normalized spacial score (nSPS) is 10.9. The van der Waals surface area contributed by atoms with Gasteiger partial charge in [0.1, 0.15) is 5.82 Å². The van der Waals surface area contributed by atoms with E-state index in [-0.39, 0.29) is 46.8 Å². The van der Waals surface area contributed by atoms with Crippen molar-refractivity contribution in [2.75, 3.05) is 0 Å². The minimum Gasteiger partial charge on any atom is -0.276 e. The summed E-state index contributed by atoms with van der Waals surface area (Å²) in [4.78, 5) is 11.2. The zero-order valence-electron chi connectivity index (χ0n) is 10.1. The van der Waals surface area contributed by atoms with E-state index >= 15 is 0 Å². The molecule has 0 unspecified atom stereocenters. The van der Waals surface area contributed by atoms with Crippen LogP contribution in [0.3, 0.4) is 0 Å². The van der Waals surface area contributed by atoms with E-state index in [1.165, 1.54) is 0 Å². The Kier molecular flexibility index (Phi) is 5.77. The Morgan fingerprint density at radius 1 is 0.818 bits per heavy atom. The van der Waals surface area contributed by atoms with Crippen molar-refractivity contribution in [3.8, 4) is 11.1 Å². The molecule has 0 saturated heterocycles. The van der Waals surface area contributed by atoms with Gasteiger partial charge in [0.25, 0.3) is 5.24 Å². The highest BCUT2D eigenvalue weighted by Gasteiger charge is 2.24. The van der Waals surface area contributed by atoms with Crippen LogP contribution in [-0.4, -0.2) is 5.24 Å².